The lowest BCUT2D eigenvalue weighted by atomic mass is 9.61. The second-order valence-electron chi connectivity index (χ2n) is 14.2. The summed E-state index contributed by atoms with van der Waals surface area (Å²) in [6.45, 7) is 4.37. The maximum absolute atomic E-state index is 14.4. The van der Waals surface area contributed by atoms with Crippen molar-refractivity contribution < 1.29 is 18.4 Å². The molecule has 3 aliphatic heterocycles. The van der Waals surface area contributed by atoms with Crippen LogP contribution < -0.4 is 15.8 Å². The second-order valence-corrected chi connectivity index (χ2v) is 14.2. The Kier molecular flexibility index (Phi) is 6.45. The van der Waals surface area contributed by atoms with Gasteiger partial charge in [-0.05, 0) is 76.1 Å². The molecule has 0 saturated carbocycles. The van der Waals surface area contributed by atoms with Crippen LogP contribution in [0, 0.1) is 11.3 Å². The van der Waals surface area contributed by atoms with Gasteiger partial charge < -0.3 is 29.6 Å². The topological polar surface area (TPSA) is 153 Å². The number of benzene rings is 1. The molecule has 5 aliphatic rings. The predicted molar refractivity (Wildman–Crippen MR) is 170 cm³/mol. The first-order valence-corrected chi connectivity index (χ1v) is 16.7. The Bertz CT molecular complexity index is 1940. The van der Waals surface area contributed by atoms with E-state index in [-0.39, 0.29) is 23.7 Å². The number of nitrogens with zero attached hydrogens (tertiary/aromatic N) is 7. The van der Waals surface area contributed by atoms with Crippen LogP contribution in [0.4, 0.5) is 10.1 Å². The molecule has 12 nitrogen and oxygen atoms in total. The van der Waals surface area contributed by atoms with Gasteiger partial charge in [-0.2, -0.15) is 10.2 Å². The van der Waals surface area contributed by atoms with Crippen molar-refractivity contribution in [2.75, 3.05) is 39.1 Å². The average molecular weight is 640 g/mol. The third-order valence-electron chi connectivity index (χ3n) is 11.5. The van der Waals surface area contributed by atoms with Crippen LogP contribution in [-0.2, 0) is 23.0 Å². The number of alkyl halides is 1. The molecule has 3 fully saturated rings. The van der Waals surface area contributed by atoms with Crippen molar-refractivity contribution in [3.8, 4) is 23.5 Å². The van der Waals surface area contributed by atoms with E-state index in [2.05, 4.69) is 27.2 Å². The molecule has 5 atom stereocenters. The van der Waals surface area contributed by atoms with Crippen molar-refractivity contribution in [3.05, 3.63) is 46.5 Å². The van der Waals surface area contributed by atoms with E-state index in [4.69, 9.17) is 34.7 Å². The summed E-state index contributed by atoms with van der Waals surface area (Å²) < 4.78 is 34.9. The third kappa shape index (κ3) is 4.14. The van der Waals surface area contributed by atoms with E-state index >= 15 is 0 Å². The number of halogens is 1. The molecule has 3 aromatic heterocycles. The number of nitrogens with two attached hydrogens (primary N) is 1. The quantitative estimate of drug-likeness (QED) is 0.308. The first kappa shape index (κ1) is 29.1. The fourth-order valence-electron chi connectivity index (χ4n) is 9.03. The summed E-state index contributed by atoms with van der Waals surface area (Å²) in [6.07, 6.45) is 6.21. The molecule has 0 bridgehead atoms. The average Bonchev–Trinajstić information content (AvgIpc) is 3.73. The molecule has 9 rings (SSSR count). The van der Waals surface area contributed by atoms with Crippen molar-refractivity contribution in [1.29, 1.82) is 5.26 Å². The monoisotopic (exact) mass is 639 g/mol. The van der Waals surface area contributed by atoms with Crippen LogP contribution in [0.2, 0.25) is 0 Å². The van der Waals surface area contributed by atoms with Crippen LogP contribution in [0.5, 0.6) is 5.88 Å². The number of likely N-dealkylation sites (N-methyl/N-ethyl adjacent to an activating group) is 1. The summed E-state index contributed by atoms with van der Waals surface area (Å²) in [5.74, 6) is 1.54. The Morgan fingerprint density at radius 2 is 2.04 bits per heavy atom. The molecule has 0 amide bonds. The number of aromatic nitrogens is 5. The zero-order valence-corrected chi connectivity index (χ0v) is 26.6. The third-order valence-corrected chi connectivity index (χ3v) is 11.5. The number of hydrogen-bond acceptors (Lipinski definition) is 11. The summed E-state index contributed by atoms with van der Waals surface area (Å²) in [4.78, 5) is 16.8. The van der Waals surface area contributed by atoms with E-state index in [0.717, 1.165) is 67.5 Å². The highest BCUT2D eigenvalue weighted by molar-refractivity contribution is 5.79. The molecule has 6 heterocycles. The minimum Gasteiger partial charge on any atom is -0.471 e. The number of ether oxygens (including phenoxy) is 2. The number of nitrogens with one attached hydrogen (secondary N) is 1. The number of hydrogen-bond donors (Lipinski definition) is 2. The van der Waals surface area contributed by atoms with E-state index in [1.807, 2.05) is 31.3 Å². The van der Waals surface area contributed by atoms with Gasteiger partial charge in [0.25, 0.3) is 0 Å². The number of imidazole rings is 1. The van der Waals surface area contributed by atoms with Crippen molar-refractivity contribution in [3.63, 3.8) is 0 Å². The molecule has 3 N–H and O–H groups in total. The summed E-state index contributed by atoms with van der Waals surface area (Å²) in [5.41, 5.74) is 11.7. The zero-order chi connectivity index (χ0) is 32.1. The first-order valence-electron chi connectivity index (χ1n) is 16.7. The molecule has 13 heteroatoms. The number of likely N-dealkylation sites (tertiary alicyclic amines) is 1. The number of nitriles is 1. The van der Waals surface area contributed by atoms with Gasteiger partial charge in [0.2, 0.25) is 5.88 Å². The van der Waals surface area contributed by atoms with Gasteiger partial charge in [0.1, 0.15) is 18.3 Å². The molecule has 47 heavy (non-hydrogen) atoms. The highest BCUT2D eigenvalue weighted by atomic mass is 19.1. The lowest BCUT2D eigenvalue weighted by Crippen LogP contribution is -2.75. The van der Waals surface area contributed by atoms with Crippen LogP contribution >= 0.6 is 0 Å². The number of aryl methyl sites for hydroxylation is 1. The second kappa shape index (κ2) is 10.4. The number of nitrogen functional groups attached to an aromatic ring is 1. The van der Waals surface area contributed by atoms with Crippen LogP contribution in [0.15, 0.2) is 23.0 Å². The SMILES string of the molecule is CC(Oc1nc(-c2noc3c2CCCC32CCCc3ccc(N)c(C#N)c32)nc2c1ncn2C1CNC12COC2)C1CC(F)CN1C. The molecule has 244 valence electrons. The van der Waals surface area contributed by atoms with Crippen molar-refractivity contribution >= 4 is 16.9 Å². The van der Waals surface area contributed by atoms with Gasteiger partial charge in [-0.1, -0.05) is 11.2 Å². The van der Waals surface area contributed by atoms with E-state index in [0.29, 0.717) is 66.0 Å². The summed E-state index contributed by atoms with van der Waals surface area (Å²) in [5, 5.41) is 18.4. The Morgan fingerprint density at radius 1 is 1.21 bits per heavy atom. The molecular formula is C34H38FN9O3. The predicted octanol–water partition coefficient (Wildman–Crippen LogP) is 3.62. The largest absolute Gasteiger partial charge is 0.471 e. The van der Waals surface area contributed by atoms with Crippen molar-refractivity contribution in [2.24, 2.45) is 0 Å². The van der Waals surface area contributed by atoms with Gasteiger partial charge in [-0.3, -0.25) is 4.90 Å². The Labute approximate surface area is 271 Å². The van der Waals surface area contributed by atoms with E-state index in [1.54, 1.807) is 0 Å². The maximum Gasteiger partial charge on any atom is 0.246 e. The zero-order valence-electron chi connectivity index (χ0n) is 26.6. The fourth-order valence-corrected chi connectivity index (χ4v) is 9.03. The number of fused-ring (bicyclic) bond motifs is 5. The minimum atomic E-state index is -0.890. The Hall–Kier alpha value is -4.12. The summed E-state index contributed by atoms with van der Waals surface area (Å²) >= 11 is 0. The van der Waals surface area contributed by atoms with Gasteiger partial charge in [-0.15, -0.1) is 0 Å². The normalized spacial score (nSPS) is 28.4. The van der Waals surface area contributed by atoms with Gasteiger partial charge in [0.15, 0.2) is 28.4 Å². The molecule has 2 aliphatic carbocycles. The Morgan fingerprint density at radius 3 is 2.74 bits per heavy atom. The number of rotatable bonds is 5. The van der Waals surface area contributed by atoms with E-state index < -0.39 is 11.6 Å². The summed E-state index contributed by atoms with van der Waals surface area (Å²) in [6, 6.07) is 6.32. The molecule has 4 aromatic rings. The lowest BCUT2D eigenvalue weighted by Gasteiger charge is -2.55. The van der Waals surface area contributed by atoms with Crippen LogP contribution in [0.25, 0.3) is 22.7 Å². The fraction of sp³-hybridized carbons (Fsp3) is 0.559. The van der Waals surface area contributed by atoms with Gasteiger partial charge in [-0.25, -0.2) is 14.4 Å². The highest BCUT2D eigenvalue weighted by Crippen LogP contribution is 2.53. The molecule has 1 aromatic carbocycles. The maximum atomic E-state index is 14.4. The Balaban J connectivity index is 1.18. The van der Waals surface area contributed by atoms with Gasteiger partial charge in [0, 0.05) is 30.4 Å². The lowest BCUT2D eigenvalue weighted by molar-refractivity contribution is -0.136. The van der Waals surface area contributed by atoms with Crippen LogP contribution in [0.1, 0.15) is 73.1 Å². The number of anilines is 1. The smallest absolute Gasteiger partial charge is 0.246 e. The highest BCUT2D eigenvalue weighted by Gasteiger charge is 2.54. The molecule has 5 unspecified atom stereocenters. The molecule has 0 radical (unpaired) electrons. The van der Waals surface area contributed by atoms with Crippen LogP contribution in [-0.4, -0.2) is 86.8 Å². The first-order chi connectivity index (χ1) is 22.8. The summed E-state index contributed by atoms with van der Waals surface area (Å²) in [7, 11) is 1.93. The van der Waals surface area contributed by atoms with E-state index in [9.17, 15) is 9.65 Å². The van der Waals surface area contributed by atoms with Crippen LogP contribution in [0.3, 0.4) is 0 Å². The van der Waals surface area contributed by atoms with E-state index in [1.165, 1.54) is 0 Å². The van der Waals surface area contributed by atoms with Gasteiger partial charge in [0.05, 0.1) is 42.1 Å². The molecular weight excluding hydrogens is 601 g/mol. The van der Waals surface area contributed by atoms with Gasteiger partial charge >= 0.3 is 0 Å². The van der Waals surface area contributed by atoms with Crippen molar-refractivity contribution in [1.82, 2.24) is 34.9 Å². The minimum absolute atomic E-state index is 0.0976. The standard InChI is InChI=1S/C34H38FN9O3/c1-18(24-11-20(35)14-43(24)2)46-32-28-31(44(17-38-28)25-13-39-34(25)15-45-16-34)40-30(41-32)27-21-6-4-10-33(29(21)47-42-27)9-3-5-19-7-8-23(37)22(12-36)26(19)33/h7-8,17-18,20,24-25,39H,3-6,9-11,13-16,37H2,1-2H3. The molecule has 3 saturated heterocycles. The van der Waals surface area contributed by atoms with Crippen molar-refractivity contribution in [2.45, 2.75) is 87.2 Å². The molecule has 2 spiro atoms.